The number of hydrogen-bond donors (Lipinski definition) is 6. The van der Waals surface area contributed by atoms with Crippen LogP contribution in [-0.4, -0.2) is 70.4 Å². The normalized spacial score (nSPS) is 41.9. The molecule has 3 saturated carbocycles. The maximum Gasteiger partial charge on any atom is 0.189 e. The minimum Gasteiger partial charge on any atom is -0.396 e. The van der Waals surface area contributed by atoms with Crippen LogP contribution in [0.5, 0.6) is 0 Å². The number of carbonyl (C=O) groups is 1. The Bertz CT molecular complexity index is 1610. The molecule has 7 N–H and O–H groups in total. The zero-order valence-corrected chi connectivity index (χ0v) is 31.4. The fraction of sp³-hybridized carbons (Fsp3) is 0.700. The molecule has 0 aromatic heterocycles. The molecular weight excluding hydrogens is 665 g/mol. The summed E-state index contributed by atoms with van der Waals surface area (Å²) in [4.78, 5) is 19.3. The van der Waals surface area contributed by atoms with Crippen LogP contribution >= 0.6 is 21.6 Å². The molecule has 8 rings (SSSR count). The molecule has 0 amide bonds. The van der Waals surface area contributed by atoms with Crippen molar-refractivity contribution in [3.8, 4) is 0 Å². The molecule has 3 fully saturated rings. The summed E-state index contributed by atoms with van der Waals surface area (Å²) < 4.78 is 0. The summed E-state index contributed by atoms with van der Waals surface area (Å²) in [6, 6.07) is 6.55. The molecule has 1 aromatic carbocycles. The lowest BCUT2D eigenvalue weighted by Gasteiger charge is -2.63. The zero-order chi connectivity index (χ0) is 34.9. The number of hydrogen-bond acceptors (Lipinski definition) is 10. The lowest BCUT2D eigenvalue weighted by Crippen LogP contribution is -2.75. The number of ketones is 1. The molecule has 0 unspecified atom stereocenters. The molecule has 5 aliphatic carbocycles. The summed E-state index contributed by atoms with van der Waals surface area (Å²) in [5.74, 6) is 3.05. The van der Waals surface area contributed by atoms with Crippen molar-refractivity contribution in [1.82, 2.24) is 10.6 Å². The van der Waals surface area contributed by atoms with Crippen LogP contribution in [0.25, 0.3) is 0 Å². The molecule has 10 heteroatoms. The predicted molar refractivity (Wildman–Crippen MR) is 203 cm³/mol. The molecular formula is C40H56N4O4S2. The monoisotopic (exact) mass is 720 g/mol. The van der Waals surface area contributed by atoms with Crippen molar-refractivity contribution in [2.45, 2.75) is 100 Å². The Kier molecular flexibility index (Phi) is 9.33. The highest BCUT2D eigenvalue weighted by Gasteiger charge is 2.70. The van der Waals surface area contributed by atoms with Gasteiger partial charge in [-0.05, 0) is 110 Å². The SMILES string of the molecule is CNCc1ccc(CO)c([C@]23C=C[C@H]4CCC5=C6C[C@H]7C[C@@H](CO)[C@@H](CCCO)[C@]6(CC5=O)[C@@]7(C)CCSS[C@H](CC2)[C@]42NC(N)=NC[C@H]23)c1. The average molecular weight is 721 g/mol. The molecule has 10 atom stereocenters. The lowest BCUT2D eigenvalue weighted by molar-refractivity contribution is -0.125. The van der Waals surface area contributed by atoms with E-state index in [-0.39, 0.29) is 65.3 Å². The highest BCUT2D eigenvalue weighted by atomic mass is 33.1. The second-order valence-corrected chi connectivity index (χ2v) is 19.4. The second-order valence-electron chi connectivity index (χ2n) is 16.8. The second kappa shape index (κ2) is 13.2. The van der Waals surface area contributed by atoms with Gasteiger partial charge < -0.3 is 31.7 Å². The third-order valence-electron chi connectivity index (χ3n) is 15.1. The molecule has 0 radical (unpaired) electrons. The van der Waals surface area contributed by atoms with Crippen LogP contribution in [0.3, 0.4) is 0 Å². The molecule has 8 nitrogen and oxygen atoms in total. The van der Waals surface area contributed by atoms with E-state index in [0.717, 1.165) is 81.2 Å². The van der Waals surface area contributed by atoms with Crippen LogP contribution in [0.1, 0.15) is 87.8 Å². The van der Waals surface area contributed by atoms with Crippen molar-refractivity contribution in [3.05, 3.63) is 58.2 Å². The molecule has 2 spiro atoms. The maximum atomic E-state index is 14.4. The van der Waals surface area contributed by atoms with Crippen LogP contribution in [0.4, 0.5) is 0 Å². The Morgan fingerprint density at radius 1 is 1.18 bits per heavy atom. The standard InChI is InChI=1S/C40H56N4O4S2/c1-37-13-15-49-50-35-10-12-38(31-16-24(20-42-2)5-6-25(31)22-46)11-9-27(40(35)34(38)21-43-36(41)44-40)7-8-29-32-18-28(37)17-26(23-47)30(4-3-14-45)39(32,37)19-33(29)48/h5-6,9,11,16,26-28,30,34-35,42,45-47H,3-4,7-8,10,12-15,17-23H2,1-2H3,(H3,41,43,44)/t26-,27+,28+,30+,34-,35+,37-,38-,39-,40-/m0/s1. The first-order valence-electron chi connectivity index (χ1n) is 19.1. The van der Waals surface area contributed by atoms with Crippen LogP contribution in [0.15, 0.2) is 46.5 Å². The summed E-state index contributed by atoms with van der Waals surface area (Å²) in [5, 5.41) is 38.8. The van der Waals surface area contributed by atoms with E-state index < -0.39 is 0 Å². The van der Waals surface area contributed by atoms with Gasteiger partial charge in [-0.25, -0.2) is 0 Å². The average Bonchev–Trinajstić information content (AvgIpc) is 3.45. The highest BCUT2D eigenvalue weighted by Crippen LogP contribution is 2.76. The topological polar surface area (TPSA) is 140 Å². The third-order valence-corrected chi connectivity index (χ3v) is 18.1. The lowest BCUT2D eigenvalue weighted by atomic mass is 9.47. The highest BCUT2D eigenvalue weighted by molar-refractivity contribution is 8.77. The number of carbonyl (C=O) groups excluding carboxylic acids is 1. The molecule has 50 heavy (non-hydrogen) atoms. The number of nitrogens with one attached hydrogen (secondary N) is 2. The van der Waals surface area contributed by atoms with Gasteiger partial charge in [0.05, 0.1) is 12.1 Å². The van der Waals surface area contributed by atoms with E-state index in [0.29, 0.717) is 35.9 Å². The molecule has 2 aliphatic heterocycles. The van der Waals surface area contributed by atoms with E-state index in [1.165, 1.54) is 16.7 Å². The van der Waals surface area contributed by atoms with Gasteiger partial charge in [-0.3, -0.25) is 9.79 Å². The maximum absolute atomic E-state index is 14.4. The quantitative estimate of drug-likeness (QED) is 0.162. The summed E-state index contributed by atoms with van der Waals surface area (Å²) in [7, 11) is 6.03. The van der Waals surface area contributed by atoms with Crippen LogP contribution in [0.2, 0.25) is 0 Å². The molecule has 1 aromatic rings. The number of rotatable bonds is 8. The van der Waals surface area contributed by atoms with Gasteiger partial charge in [0, 0.05) is 66.4 Å². The summed E-state index contributed by atoms with van der Waals surface area (Å²) in [5.41, 5.74) is 11.7. The number of nitrogens with two attached hydrogens (primary N) is 1. The van der Waals surface area contributed by atoms with E-state index in [1.54, 1.807) is 0 Å². The van der Waals surface area contributed by atoms with E-state index in [1.807, 2.05) is 28.6 Å². The number of aliphatic imine (C=N–C) groups is 1. The van der Waals surface area contributed by atoms with Crippen LogP contribution in [-0.2, 0) is 23.4 Å². The first-order valence-corrected chi connectivity index (χ1v) is 21.5. The van der Waals surface area contributed by atoms with Crippen LogP contribution < -0.4 is 16.4 Å². The van der Waals surface area contributed by atoms with Gasteiger partial charge >= 0.3 is 0 Å². The van der Waals surface area contributed by atoms with E-state index in [4.69, 9.17) is 10.7 Å². The van der Waals surface area contributed by atoms with Crippen molar-refractivity contribution in [2.75, 3.05) is 32.6 Å². The molecule has 2 heterocycles. The molecule has 7 bridgehead atoms. The van der Waals surface area contributed by atoms with Gasteiger partial charge in [0.15, 0.2) is 11.7 Å². The number of allylic oxidation sites excluding steroid dienone is 3. The van der Waals surface area contributed by atoms with Crippen molar-refractivity contribution >= 4 is 33.3 Å². The van der Waals surface area contributed by atoms with E-state index in [2.05, 4.69) is 47.9 Å². The van der Waals surface area contributed by atoms with E-state index >= 15 is 0 Å². The van der Waals surface area contributed by atoms with Gasteiger partial charge in [-0.15, -0.1) is 0 Å². The minimum atomic E-state index is -0.342. The van der Waals surface area contributed by atoms with Gasteiger partial charge in [0.25, 0.3) is 0 Å². The zero-order valence-electron chi connectivity index (χ0n) is 29.8. The van der Waals surface area contributed by atoms with Gasteiger partial charge in [-0.2, -0.15) is 0 Å². The molecule has 272 valence electrons. The van der Waals surface area contributed by atoms with Crippen LogP contribution in [0, 0.1) is 40.4 Å². The Morgan fingerprint density at radius 3 is 2.82 bits per heavy atom. The number of nitrogens with zero attached hydrogens (tertiary/aromatic N) is 1. The van der Waals surface area contributed by atoms with Gasteiger partial charge in [0.1, 0.15) is 0 Å². The Morgan fingerprint density at radius 2 is 2.04 bits per heavy atom. The Balaban J connectivity index is 1.25. The number of guanidine groups is 1. The third kappa shape index (κ3) is 4.87. The number of Topliss-reactive ketones (excluding diaryl/α,β-unsaturated/α-hetero) is 1. The number of aliphatic hydroxyl groups is 3. The van der Waals surface area contributed by atoms with Crippen molar-refractivity contribution in [2.24, 2.45) is 51.1 Å². The number of aliphatic hydroxyl groups excluding tert-OH is 3. The fourth-order valence-corrected chi connectivity index (χ4v) is 16.4. The Hall–Kier alpha value is -1.82. The molecule has 0 saturated heterocycles. The largest absolute Gasteiger partial charge is 0.396 e. The predicted octanol–water partition coefficient (Wildman–Crippen LogP) is 5.01. The van der Waals surface area contributed by atoms with Crippen molar-refractivity contribution in [1.29, 1.82) is 0 Å². The summed E-state index contributed by atoms with van der Waals surface area (Å²) in [6.45, 7) is 4.19. The van der Waals surface area contributed by atoms with Gasteiger partial charge in [-0.1, -0.05) is 64.4 Å². The first kappa shape index (κ1) is 35.2. The summed E-state index contributed by atoms with van der Waals surface area (Å²) in [6.07, 6.45) is 13.8. The minimum absolute atomic E-state index is 0.00157. The fourth-order valence-electron chi connectivity index (χ4n) is 13.0. The Labute approximate surface area is 305 Å². The van der Waals surface area contributed by atoms with Crippen molar-refractivity contribution in [3.63, 3.8) is 0 Å². The first-order chi connectivity index (χ1) is 24.2. The smallest absolute Gasteiger partial charge is 0.189 e. The number of benzene rings is 1. The van der Waals surface area contributed by atoms with E-state index in [9.17, 15) is 20.1 Å². The van der Waals surface area contributed by atoms with Gasteiger partial charge in [0.2, 0.25) is 0 Å². The van der Waals surface area contributed by atoms with Crippen molar-refractivity contribution < 1.29 is 20.1 Å². The molecule has 7 aliphatic rings. The summed E-state index contributed by atoms with van der Waals surface area (Å²) >= 11 is 0.